The molecule has 3 aromatic rings. The van der Waals surface area contributed by atoms with Crippen molar-refractivity contribution in [3.63, 3.8) is 0 Å². The Kier molecular flexibility index (Phi) is 4.21. The van der Waals surface area contributed by atoms with Gasteiger partial charge in [-0.2, -0.15) is 5.10 Å². The molecule has 8 heteroatoms. The van der Waals surface area contributed by atoms with Crippen LogP contribution in [-0.2, 0) is 6.54 Å². The smallest absolute Gasteiger partial charge is 0.266 e. The first-order valence-corrected chi connectivity index (χ1v) is 7.67. The van der Waals surface area contributed by atoms with Crippen molar-refractivity contribution >= 4 is 11.6 Å². The first kappa shape index (κ1) is 16.4. The van der Waals surface area contributed by atoms with Gasteiger partial charge in [0.2, 0.25) is 0 Å². The zero-order valence-electron chi connectivity index (χ0n) is 13.2. The van der Waals surface area contributed by atoms with Gasteiger partial charge in [0.1, 0.15) is 5.69 Å². The molecule has 0 amide bonds. The van der Waals surface area contributed by atoms with E-state index in [-0.39, 0.29) is 12.1 Å². The average molecular weight is 346 g/mol. The molecule has 0 atom stereocenters. The van der Waals surface area contributed by atoms with Crippen molar-refractivity contribution in [3.05, 3.63) is 52.0 Å². The number of hydrogen-bond donors (Lipinski definition) is 2. The van der Waals surface area contributed by atoms with E-state index in [0.717, 1.165) is 5.56 Å². The summed E-state index contributed by atoms with van der Waals surface area (Å²) in [5.74, 6) is 0.892. The highest BCUT2D eigenvalue weighted by Crippen LogP contribution is 2.23. The Morgan fingerprint density at radius 1 is 1.25 bits per heavy atom. The van der Waals surface area contributed by atoms with E-state index in [1.807, 2.05) is 12.1 Å². The fraction of sp³-hybridized carbons (Fsp3) is 0.250. The first-order chi connectivity index (χ1) is 11.3. The van der Waals surface area contributed by atoms with Crippen molar-refractivity contribution in [2.75, 3.05) is 0 Å². The number of aromatic nitrogens is 5. The molecule has 2 N–H and O–H groups in total. The molecule has 2 aromatic heterocycles. The van der Waals surface area contributed by atoms with Crippen molar-refractivity contribution in [3.8, 4) is 22.9 Å². The number of aliphatic hydroxyl groups is 1. The second-order valence-electron chi connectivity index (χ2n) is 6.05. The van der Waals surface area contributed by atoms with Crippen LogP contribution in [0.2, 0.25) is 5.02 Å². The van der Waals surface area contributed by atoms with Crippen molar-refractivity contribution < 1.29 is 5.11 Å². The Morgan fingerprint density at radius 3 is 2.58 bits per heavy atom. The topological polar surface area (TPSA) is 96.7 Å². The van der Waals surface area contributed by atoms with Crippen LogP contribution in [0, 0.1) is 0 Å². The lowest BCUT2D eigenvalue weighted by Crippen LogP contribution is -2.27. The molecule has 0 saturated carbocycles. The highest BCUT2D eigenvalue weighted by molar-refractivity contribution is 6.30. The van der Waals surface area contributed by atoms with Crippen LogP contribution in [0.1, 0.15) is 13.8 Å². The molecule has 0 saturated heterocycles. The Balaban J connectivity index is 2.12. The standard InChI is InChI=1S/C16H16ClN5O2/c1-16(2,24)9-22-15(12-7-18-8-13(23)19-12)20-14(21-22)10-3-5-11(17)6-4-10/h3-8,24H,9H2,1-2H3,(H,19,23). The molecule has 7 nitrogen and oxygen atoms in total. The van der Waals surface area contributed by atoms with Gasteiger partial charge in [-0.05, 0) is 38.1 Å². The molecule has 124 valence electrons. The summed E-state index contributed by atoms with van der Waals surface area (Å²) in [5.41, 5.74) is -0.124. The molecular weight excluding hydrogens is 330 g/mol. The second-order valence-corrected chi connectivity index (χ2v) is 6.48. The van der Waals surface area contributed by atoms with Crippen molar-refractivity contribution in [2.24, 2.45) is 0 Å². The number of benzene rings is 1. The SMILES string of the molecule is CC(C)(O)Cn1nc(-c2ccc(Cl)cc2)nc1-c1cncc(=O)[nH]1. The number of hydrogen-bond acceptors (Lipinski definition) is 5. The first-order valence-electron chi connectivity index (χ1n) is 7.30. The summed E-state index contributed by atoms with van der Waals surface area (Å²) in [4.78, 5) is 22.6. The van der Waals surface area contributed by atoms with E-state index in [1.54, 1.807) is 30.7 Å². The molecule has 0 radical (unpaired) electrons. The van der Waals surface area contributed by atoms with Crippen LogP contribution in [0.15, 0.2) is 41.5 Å². The lowest BCUT2D eigenvalue weighted by molar-refractivity contribution is 0.0582. The van der Waals surface area contributed by atoms with Gasteiger partial charge in [-0.25, -0.2) is 9.67 Å². The zero-order valence-corrected chi connectivity index (χ0v) is 13.9. The van der Waals surface area contributed by atoms with E-state index >= 15 is 0 Å². The van der Waals surface area contributed by atoms with E-state index in [0.29, 0.717) is 22.4 Å². The number of halogens is 1. The Bertz CT molecular complexity index is 909. The quantitative estimate of drug-likeness (QED) is 0.755. The molecule has 2 heterocycles. The molecule has 0 unspecified atom stereocenters. The Labute approximate surface area is 143 Å². The van der Waals surface area contributed by atoms with Gasteiger partial charge in [0.05, 0.1) is 24.5 Å². The minimum absolute atomic E-state index is 0.208. The van der Waals surface area contributed by atoms with Gasteiger partial charge in [-0.1, -0.05) is 11.6 Å². The maximum Gasteiger partial charge on any atom is 0.266 e. The van der Waals surface area contributed by atoms with E-state index in [4.69, 9.17) is 11.6 Å². The summed E-state index contributed by atoms with van der Waals surface area (Å²) in [5, 5.41) is 15.2. The van der Waals surface area contributed by atoms with Crippen LogP contribution < -0.4 is 5.56 Å². The van der Waals surface area contributed by atoms with Gasteiger partial charge in [-0.3, -0.25) is 9.78 Å². The van der Waals surface area contributed by atoms with Crippen LogP contribution in [0.5, 0.6) is 0 Å². The highest BCUT2D eigenvalue weighted by atomic mass is 35.5. The van der Waals surface area contributed by atoms with Gasteiger partial charge in [0.15, 0.2) is 11.6 Å². The number of H-pyrrole nitrogens is 1. The zero-order chi connectivity index (χ0) is 17.3. The fourth-order valence-corrected chi connectivity index (χ4v) is 2.36. The van der Waals surface area contributed by atoms with Gasteiger partial charge >= 0.3 is 0 Å². The minimum Gasteiger partial charge on any atom is -0.389 e. The Hall–Kier alpha value is -2.51. The third kappa shape index (κ3) is 3.69. The molecule has 0 aliphatic carbocycles. The van der Waals surface area contributed by atoms with E-state index in [9.17, 15) is 9.90 Å². The van der Waals surface area contributed by atoms with Gasteiger partial charge in [0.25, 0.3) is 5.56 Å². The summed E-state index contributed by atoms with van der Waals surface area (Å²) >= 11 is 5.91. The summed E-state index contributed by atoms with van der Waals surface area (Å²) in [7, 11) is 0. The summed E-state index contributed by atoms with van der Waals surface area (Å²) < 4.78 is 1.55. The number of aromatic amines is 1. The van der Waals surface area contributed by atoms with Crippen molar-refractivity contribution in [2.45, 2.75) is 26.0 Å². The predicted octanol–water partition coefficient (Wildman–Crippen LogP) is 2.12. The summed E-state index contributed by atoms with van der Waals surface area (Å²) in [6.45, 7) is 3.55. The maximum absolute atomic E-state index is 11.5. The van der Waals surface area contributed by atoms with Gasteiger partial charge < -0.3 is 10.1 Å². The second kappa shape index (κ2) is 6.18. The van der Waals surface area contributed by atoms with Crippen LogP contribution in [0.3, 0.4) is 0 Å². The molecule has 1 aromatic carbocycles. The summed E-state index contributed by atoms with van der Waals surface area (Å²) in [6, 6.07) is 7.11. The molecular formula is C16H16ClN5O2. The molecule has 24 heavy (non-hydrogen) atoms. The van der Waals surface area contributed by atoms with Crippen LogP contribution in [0.4, 0.5) is 0 Å². The number of nitrogens with one attached hydrogen (secondary N) is 1. The Morgan fingerprint density at radius 2 is 1.96 bits per heavy atom. The lowest BCUT2D eigenvalue weighted by Gasteiger charge is -2.17. The van der Waals surface area contributed by atoms with Crippen LogP contribution in [0.25, 0.3) is 22.9 Å². The molecule has 3 rings (SSSR count). The normalized spacial score (nSPS) is 11.7. The summed E-state index contributed by atoms with van der Waals surface area (Å²) in [6.07, 6.45) is 2.68. The lowest BCUT2D eigenvalue weighted by atomic mass is 10.1. The van der Waals surface area contributed by atoms with E-state index in [2.05, 4.69) is 20.1 Å². The number of rotatable bonds is 4. The molecule has 0 bridgehead atoms. The predicted molar refractivity (Wildman–Crippen MR) is 90.6 cm³/mol. The monoisotopic (exact) mass is 345 g/mol. The fourth-order valence-electron chi connectivity index (χ4n) is 2.23. The van der Waals surface area contributed by atoms with Crippen LogP contribution >= 0.6 is 11.6 Å². The largest absolute Gasteiger partial charge is 0.389 e. The van der Waals surface area contributed by atoms with Gasteiger partial charge in [-0.15, -0.1) is 0 Å². The van der Waals surface area contributed by atoms with Crippen LogP contribution in [-0.4, -0.2) is 35.4 Å². The van der Waals surface area contributed by atoms with Crippen molar-refractivity contribution in [1.82, 2.24) is 24.7 Å². The highest BCUT2D eigenvalue weighted by Gasteiger charge is 2.21. The molecule has 0 spiro atoms. The maximum atomic E-state index is 11.5. The molecule has 0 fully saturated rings. The van der Waals surface area contributed by atoms with E-state index < -0.39 is 5.60 Å². The van der Waals surface area contributed by atoms with E-state index in [1.165, 1.54) is 12.4 Å². The molecule has 0 aliphatic rings. The van der Waals surface area contributed by atoms with Gasteiger partial charge in [0, 0.05) is 10.6 Å². The minimum atomic E-state index is -0.998. The average Bonchev–Trinajstić information content (AvgIpc) is 2.89. The third-order valence-electron chi connectivity index (χ3n) is 3.21. The molecule has 0 aliphatic heterocycles. The third-order valence-corrected chi connectivity index (χ3v) is 3.46. The number of nitrogens with zero attached hydrogens (tertiary/aromatic N) is 4. The van der Waals surface area contributed by atoms with Crippen molar-refractivity contribution in [1.29, 1.82) is 0 Å².